The van der Waals surface area contributed by atoms with Gasteiger partial charge in [-0.15, -0.1) is 11.6 Å². The minimum Gasteiger partial charge on any atom is -0.465 e. The Balaban J connectivity index is 3.10. The maximum absolute atomic E-state index is 13.3. The Morgan fingerprint density at radius 2 is 2.24 bits per heavy atom. The minimum absolute atomic E-state index is 0.00116. The zero-order chi connectivity index (χ0) is 13.0. The van der Waals surface area contributed by atoms with Crippen LogP contribution >= 0.6 is 11.6 Å². The molecule has 0 spiro atoms. The number of hydrogen-bond acceptors (Lipinski definition) is 3. The number of benzene rings is 1. The van der Waals surface area contributed by atoms with Crippen molar-refractivity contribution in [3.05, 3.63) is 34.1 Å². The highest BCUT2D eigenvalue weighted by Crippen LogP contribution is 2.23. The smallest absolute Gasteiger partial charge is 0.411 e. The van der Waals surface area contributed by atoms with E-state index in [-0.39, 0.29) is 18.1 Å². The number of nitrogens with zero attached hydrogens (tertiary/aromatic N) is 2. The summed E-state index contributed by atoms with van der Waals surface area (Å²) in [6.07, 6.45) is -1.31. The van der Waals surface area contributed by atoms with E-state index in [0.717, 1.165) is 23.1 Å². The number of carbonyl (C=O) groups is 1. The number of carboxylic acid groups (broad SMARTS) is 1. The molecule has 1 rings (SSSR count). The molecule has 0 heterocycles. The third kappa shape index (κ3) is 3.04. The Morgan fingerprint density at radius 3 is 2.65 bits per heavy atom. The predicted molar refractivity (Wildman–Crippen MR) is 59.1 cm³/mol. The summed E-state index contributed by atoms with van der Waals surface area (Å²) in [4.78, 5) is 21.1. The van der Waals surface area contributed by atoms with Crippen molar-refractivity contribution < 1.29 is 19.2 Å². The fourth-order valence-electron chi connectivity index (χ4n) is 1.23. The van der Waals surface area contributed by atoms with Gasteiger partial charge in [-0.25, -0.2) is 4.79 Å². The summed E-state index contributed by atoms with van der Waals surface area (Å²) in [5.41, 5.74) is -0.703. The second kappa shape index (κ2) is 5.44. The first-order valence-electron chi connectivity index (χ1n) is 4.47. The summed E-state index contributed by atoms with van der Waals surface area (Å²) in [6, 6.07) is 2.86. The zero-order valence-corrected chi connectivity index (χ0v) is 9.22. The fourth-order valence-corrected chi connectivity index (χ4v) is 1.40. The Kier molecular flexibility index (Phi) is 4.22. The van der Waals surface area contributed by atoms with Gasteiger partial charge >= 0.3 is 11.8 Å². The van der Waals surface area contributed by atoms with Gasteiger partial charge < -0.3 is 5.11 Å². The summed E-state index contributed by atoms with van der Waals surface area (Å²) in [5.74, 6) is -1.06. The van der Waals surface area contributed by atoms with E-state index in [1.807, 2.05) is 0 Å². The molecule has 17 heavy (non-hydrogen) atoms. The molecule has 0 radical (unpaired) electrons. The van der Waals surface area contributed by atoms with Gasteiger partial charge in [0.2, 0.25) is 5.82 Å². The van der Waals surface area contributed by atoms with Gasteiger partial charge in [-0.1, -0.05) is 0 Å². The Labute approximate surface area is 100 Å². The predicted octanol–water partition coefficient (Wildman–Crippen LogP) is 2.46. The number of halogens is 2. The van der Waals surface area contributed by atoms with Crippen molar-refractivity contribution in [1.29, 1.82) is 0 Å². The van der Waals surface area contributed by atoms with E-state index < -0.39 is 22.5 Å². The third-order valence-electron chi connectivity index (χ3n) is 1.98. The molecule has 0 atom stereocenters. The first kappa shape index (κ1) is 13.2. The molecule has 0 saturated heterocycles. The topological polar surface area (TPSA) is 83.7 Å². The van der Waals surface area contributed by atoms with Crippen LogP contribution in [0.3, 0.4) is 0 Å². The van der Waals surface area contributed by atoms with E-state index in [1.165, 1.54) is 0 Å². The van der Waals surface area contributed by atoms with Gasteiger partial charge in [-0.3, -0.25) is 15.0 Å². The number of nitro benzene ring substituents is 1. The highest BCUT2D eigenvalue weighted by atomic mass is 35.5. The Morgan fingerprint density at radius 1 is 1.59 bits per heavy atom. The molecule has 0 fully saturated rings. The van der Waals surface area contributed by atoms with Crippen LogP contribution in [0.5, 0.6) is 0 Å². The summed E-state index contributed by atoms with van der Waals surface area (Å²) in [5, 5.41) is 19.2. The molecule has 1 aromatic rings. The number of nitro groups is 1. The molecule has 0 aliphatic rings. The summed E-state index contributed by atoms with van der Waals surface area (Å²) in [6.45, 7) is -0.0336. The van der Waals surface area contributed by atoms with Crippen LogP contribution in [0.2, 0.25) is 0 Å². The van der Waals surface area contributed by atoms with Crippen LogP contribution in [0.25, 0.3) is 0 Å². The summed E-state index contributed by atoms with van der Waals surface area (Å²) in [7, 11) is 0. The van der Waals surface area contributed by atoms with Crippen molar-refractivity contribution in [1.82, 2.24) is 0 Å². The van der Waals surface area contributed by atoms with Gasteiger partial charge in [0.1, 0.15) is 0 Å². The van der Waals surface area contributed by atoms with Crippen LogP contribution < -0.4 is 4.90 Å². The lowest BCUT2D eigenvalue weighted by molar-refractivity contribution is -0.387. The number of alkyl halides is 1. The highest BCUT2D eigenvalue weighted by molar-refractivity contribution is 6.18. The lowest BCUT2D eigenvalue weighted by Gasteiger charge is -2.17. The normalized spacial score (nSPS) is 10.0. The van der Waals surface area contributed by atoms with Crippen LogP contribution in [0.15, 0.2) is 18.2 Å². The van der Waals surface area contributed by atoms with Gasteiger partial charge in [0.05, 0.1) is 10.6 Å². The molecule has 8 heteroatoms. The SMILES string of the molecule is O=C(O)N(CCCl)c1ccc([N+](=O)[O-])c(F)c1. The van der Waals surface area contributed by atoms with Crippen LogP contribution in [0, 0.1) is 15.9 Å². The first-order valence-corrected chi connectivity index (χ1v) is 5.01. The van der Waals surface area contributed by atoms with E-state index >= 15 is 0 Å². The average molecular weight is 263 g/mol. The summed E-state index contributed by atoms with van der Waals surface area (Å²) >= 11 is 5.40. The van der Waals surface area contributed by atoms with Gasteiger partial charge in [-0.2, -0.15) is 4.39 Å². The Bertz CT molecular complexity index is 455. The highest BCUT2D eigenvalue weighted by Gasteiger charge is 2.19. The molecule has 0 aliphatic heterocycles. The molecule has 1 amide bonds. The largest absolute Gasteiger partial charge is 0.465 e. The van der Waals surface area contributed by atoms with Crippen molar-refractivity contribution in [2.45, 2.75) is 0 Å². The van der Waals surface area contributed by atoms with E-state index in [2.05, 4.69) is 0 Å². The number of amides is 1. The Hall–Kier alpha value is -1.89. The molecule has 0 bridgehead atoms. The fraction of sp³-hybridized carbons (Fsp3) is 0.222. The van der Waals surface area contributed by atoms with Crippen LogP contribution in [0.4, 0.5) is 20.6 Å². The van der Waals surface area contributed by atoms with Gasteiger partial charge in [0, 0.05) is 24.6 Å². The van der Waals surface area contributed by atoms with Gasteiger partial charge in [0.15, 0.2) is 0 Å². The van der Waals surface area contributed by atoms with Crippen molar-refractivity contribution in [3.63, 3.8) is 0 Å². The van der Waals surface area contributed by atoms with Crippen LogP contribution in [-0.4, -0.2) is 28.5 Å². The number of hydrogen-bond donors (Lipinski definition) is 1. The molecule has 0 aromatic heterocycles. The zero-order valence-electron chi connectivity index (χ0n) is 8.47. The van der Waals surface area contributed by atoms with E-state index in [4.69, 9.17) is 16.7 Å². The van der Waals surface area contributed by atoms with Crippen molar-refractivity contribution in [2.75, 3.05) is 17.3 Å². The van der Waals surface area contributed by atoms with Gasteiger partial charge in [0.25, 0.3) is 0 Å². The lowest BCUT2D eigenvalue weighted by atomic mass is 10.2. The second-order valence-corrected chi connectivity index (χ2v) is 3.39. The lowest BCUT2D eigenvalue weighted by Crippen LogP contribution is -2.31. The maximum atomic E-state index is 13.3. The van der Waals surface area contributed by atoms with Crippen molar-refractivity contribution in [3.8, 4) is 0 Å². The van der Waals surface area contributed by atoms with E-state index in [0.29, 0.717) is 0 Å². The molecule has 0 saturated carbocycles. The number of rotatable bonds is 4. The summed E-state index contributed by atoms with van der Waals surface area (Å²) < 4.78 is 13.3. The molecular formula is C9H8ClFN2O4. The number of anilines is 1. The minimum atomic E-state index is -1.31. The molecule has 0 aliphatic carbocycles. The molecule has 6 nitrogen and oxygen atoms in total. The third-order valence-corrected chi connectivity index (χ3v) is 2.15. The monoisotopic (exact) mass is 262 g/mol. The second-order valence-electron chi connectivity index (χ2n) is 3.02. The average Bonchev–Trinajstić information content (AvgIpc) is 2.24. The first-order chi connectivity index (χ1) is 7.97. The van der Waals surface area contributed by atoms with Gasteiger partial charge in [-0.05, 0) is 6.07 Å². The molecule has 0 unspecified atom stereocenters. The molecule has 1 aromatic carbocycles. The van der Waals surface area contributed by atoms with E-state index in [1.54, 1.807) is 0 Å². The van der Waals surface area contributed by atoms with Crippen LogP contribution in [-0.2, 0) is 0 Å². The van der Waals surface area contributed by atoms with Crippen molar-refractivity contribution >= 4 is 29.1 Å². The van der Waals surface area contributed by atoms with Crippen molar-refractivity contribution in [2.24, 2.45) is 0 Å². The maximum Gasteiger partial charge on any atom is 0.411 e. The molecule has 92 valence electrons. The van der Waals surface area contributed by atoms with E-state index in [9.17, 15) is 19.3 Å². The molecule has 1 N–H and O–H groups in total. The van der Waals surface area contributed by atoms with Crippen LogP contribution in [0.1, 0.15) is 0 Å². The molecular weight excluding hydrogens is 255 g/mol. The standard InChI is InChI=1S/C9H8ClFN2O4/c10-3-4-12(9(14)15)6-1-2-8(13(16)17)7(11)5-6/h1-2,5H,3-4H2,(H,14,15). The quantitative estimate of drug-likeness (QED) is 0.513.